The van der Waals surface area contributed by atoms with E-state index < -0.39 is 0 Å². The molecular formula is C13H13BrN2O2S. The largest absolute Gasteiger partial charge is 0.294 e. The Bertz CT molecular complexity index is 557. The number of carbonyl (C=O) groups excluding carboxylic acids is 2. The van der Waals surface area contributed by atoms with Gasteiger partial charge in [-0.05, 0) is 43.6 Å². The van der Waals surface area contributed by atoms with E-state index in [1.165, 1.54) is 4.90 Å². The van der Waals surface area contributed by atoms with Gasteiger partial charge in [0.05, 0.1) is 11.6 Å². The van der Waals surface area contributed by atoms with Crippen LogP contribution in [0.3, 0.4) is 0 Å². The van der Waals surface area contributed by atoms with Crippen LogP contribution in [0, 0.1) is 0 Å². The third kappa shape index (κ3) is 3.26. The Hall–Kier alpha value is -1.11. The van der Waals surface area contributed by atoms with Crippen molar-refractivity contribution in [2.24, 2.45) is 0 Å². The molecule has 4 nitrogen and oxygen atoms in total. The minimum Gasteiger partial charge on any atom is -0.292 e. The number of halogens is 1. The molecule has 0 radical (unpaired) electrons. The molecule has 0 saturated carbocycles. The SMILES string of the molecule is CN(C)CN1C(=O)S/C(=C\c2ccccc2Br)C1=O. The summed E-state index contributed by atoms with van der Waals surface area (Å²) in [6, 6.07) is 7.58. The minimum absolute atomic E-state index is 0.225. The molecule has 2 amide bonds. The normalized spacial score (nSPS) is 17.9. The van der Waals surface area contributed by atoms with E-state index in [2.05, 4.69) is 15.9 Å². The van der Waals surface area contributed by atoms with Crippen LogP contribution in [0.2, 0.25) is 0 Å². The Balaban J connectivity index is 2.26. The first kappa shape index (κ1) is 14.3. The van der Waals surface area contributed by atoms with Crippen LogP contribution in [0.5, 0.6) is 0 Å². The summed E-state index contributed by atoms with van der Waals surface area (Å²) in [6.07, 6.45) is 1.74. The zero-order chi connectivity index (χ0) is 14.0. The maximum atomic E-state index is 12.1. The van der Waals surface area contributed by atoms with Crippen molar-refractivity contribution in [1.82, 2.24) is 9.80 Å². The summed E-state index contributed by atoms with van der Waals surface area (Å²) in [5.41, 5.74) is 0.887. The quantitative estimate of drug-likeness (QED) is 0.793. The number of thioether (sulfide) groups is 1. The van der Waals surface area contributed by atoms with Gasteiger partial charge in [0, 0.05) is 4.47 Å². The molecule has 1 fully saturated rings. The van der Waals surface area contributed by atoms with Gasteiger partial charge in [0.15, 0.2) is 0 Å². The van der Waals surface area contributed by atoms with Crippen LogP contribution in [0.1, 0.15) is 5.56 Å². The monoisotopic (exact) mass is 340 g/mol. The van der Waals surface area contributed by atoms with Gasteiger partial charge in [-0.1, -0.05) is 34.1 Å². The predicted octanol–water partition coefficient (Wildman–Crippen LogP) is 3.00. The first-order valence-corrected chi connectivity index (χ1v) is 7.24. The maximum Gasteiger partial charge on any atom is 0.294 e. The lowest BCUT2D eigenvalue weighted by Gasteiger charge is -2.17. The summed E-state index contributed by atoms with van der Waals surface area (Å²) in [5, 5.41) is -0.225. The van der Waals surface area contributed by atoms with Crippen LogP contribution < -0.4 is 0 Å². The van der Waals surface area contributed by atoms with Crippen molar-refractivity contribution >= 4 is 44.9 Å². The van der Waals surface area contributed by atoms with Crippen molar-refractivity contribution < 1.29 is 9.59 Å². The Morgan fingerprint density at radius 3 is 2.63 bits per heavy atom. The molecule has 0 unspecified atom stereocenters. The van der Waals surface area contributed by atoms with E-state index in [9.17, 15) is 9.59 Å². The Labute approximate surface area is 124 Å². The van der Waals surface area contributed by atoms with Gasteiger partial charge in [-0.2, -0.15) is 0 Å². The molecule has 1 aromatic carbocycles. The van der Waals surface area contributed by atoms with Crippen molar-refractivity contribution in [3.8, 4) is 0 Å². The van der Waals surface area contributed by atoms with Gasteiger partial charge in [0.1, 0.15) is 0 Å². The molecule has 0 spiro atoms. The van der Waals surface area contributed by atoms with Gasteiger partial charge >= 0.3 is 0 Å². The third-order valence-corrected chi connectivity index (χ3v) is 4.12. The third-order valence-electron chi connectivity index (χ3n) is 2.49. The smallest absolute Gasteiger partial charge is 0.292 e. The van der Waals surface area contributed by atoms with Crippen LogP contribution in [0.4, 0.5) is 4.79 Å². The highest BCUT2D eigenvalue weighted by Crippen LogP contribution is 2.33. The van der Waals surface area contributed by atoms with Gasteiger partial charge in [0.25, 0.3) is 11.1 Å². The summed E-state index contributed by atoms with van der Waals surface area (Å²) >= 11 is 4.40. The molecule has 6 heteroatoms. The molecule has 2 rings (SSSR count). The topological polar surface area (TPSA) is 40.6 Å². The fraction of sp³-hybridized carbons (Fsp3) is 0.231. The number of hydrogen-bond donors (Lipinski definition) is 0. The van der Waals surface area contributed by atoms with Crippen LogP contribution in [0.25, 0.3) is 6.08 Å². The second kappa shape index (κ2) is 5.90. The average molecular weight is 341 g/mol. The molecule has 1 heterocycles. The number of carbonyl (C=O) groups is 2. The van der Waals surface area contributed by atoms with Crippen LogP contribution in [0.15, 0.2) is 33.6 Å². The summed E-state index contributed by atoms with van der Waals surface area (Å²) in [4.78, 5) is 27.4. The molecule has 1 aromatic rings. The van der Waals surface area contributed by atoms with Gasteiger partial charge in [-0.25, -0.2) is 0 Å². The van der Waals surface area contributed by atoms with Crippen molar-refractivity contribution in [3.63, 3.8) is 0 Å². The molecular weight excluding hydrogens is 328 g/mol. The summed E-state index contributed by atoms with van der Waals surface area (Å²) in [6.45, 7) is 0.304. The Morgan fingerprint density at radius 2 is 2.00 bits per heavy atom. The highest BCUT2D eigenvalue weighted by atomic mass is 79.9. The molecule has 0 bridgehead atoms. The Morgan fingerprint density at radius 1 is 1.32 bits per heavy atom. The molecule has 100 valence electrons. The van der Waals surface area contributed by atoms with Gasteiger partial charge in [0.2, 0.25) is 0 Å². The first-order valence-electron chi connectivity index (χ1n) is 5.63. The summed E-state index contributed by atoms with van der Waals surface area (Å²) in [5.74, 6) is -0.237. The molecule has 0 atom stereocenters. The molecule has 0 N–H and O–H groups in total. The molecule has 1 aliphatic heterocycles. The lowest BCUT2D eigenvalue weighted by molar-refractivity contribution is -0.123. The minimum atomic E-state index is -0.237. The number of benzene rings is 1. The number of amides is 2. The van der Waals surface area contributed by atoms with E-state index in [0.717, 1.165) is 21.8 Å². The molecule has 0 aromatic heterocycles. The highest BCUT2D eigenvalue weighted by Gasteiger charge is 2.35. The summed E-state index contributed by atoms with van der Waals surface area (Å²) in [7, 11) is 3.64. The van der Waals surface area contributed by atoms with E-state index in [-0.39, 0.29) is 11.1 Å². The van der Waals surface area contributed by atoms with Crippen molar-refractivity contribution in [2.45, 2.75) is 0 Å². The van der Waals surface area contributed by atoms with Gasteiger partial charge in [-0.15, -0.1) is 0 Å². The molecule has 1 aliphatic rings. The average Bonchev–Trinajstić information content (AvgIpc) is 2.60. The van der Waals surface area contributed by atoms with Crippen molar-refractivity contribution in [3.05, 3.63) is 39.2 Å². The number of nitrogens with zero attached hydrogens (tertiary/aromatic N) is 2. The van der Waals surface area contributed by atoms with Gasteiger partial charge < -0.3 is 0 Å². The van der Waals surface area contributed by atoms with E-state index in [4.69, 9.17) is 0 Å². The van der Waals surface area contributed by atoms with Crippen LogP contribution in [-0.4, -0.2) is 41.7 Å². The number of rotatable bonds is 3. The lowest BCUT2D eigenvalue weighted by atomic mass is 10.2. The van der Waals surface area contributed by atoms with Crippen LogP contribution in [-0.2, 0) is 4.79 Å². The Kier molecular flexibility index (Phi) is 4.44. The number of hydrogen-bond acceptors (Lipinski definition) is 4. The van der Waals surface area contributed by atoms with Gasteiger partial charge in [-0.3, -0.25) is 19.4 Å². The van der Waals surface area contributed by atoms with Crippen LogP contribution >= 0.6 is 27.7 Å². The van der Waals surface area contributed by atoms with E-state index in [0.29, 0.717) is 11.6 Å². The molecule has 1 saturated heterocycles. The first-order chi connectivity index (χ1) is 8.99. The van der Waals surface area contributed by atoms with E-state index in [1.807, 2.05) is 38.4 Å². The lowest BCUT2D eigenvalue weighted by Crippen LogP contribution is -2.36. The molecule has 0 aliphatic carbocycles. The van der Waals surface area contributed by atoms with Crippen molar-refractivity contribution in [1.29, 1.82) is 0 Å². The summed E-state index contributed by atoms with van der Waals surface area (Å²) < 4.78 is 0.898. The standard InChI is InChI=1S/C13H13BrN2O2S/c1-15(2)8-16-12(17)11(19-13(16)18)7-9-5-3-4-6-10(9)14/h3-7H,8H2,1-2H3/b11-7-. The van der Waals surface area contributed by atoms with E-state index in [1.54, 1.807) is 11.0 Å². The maximum absolute atomic E-state index is 12.1. The zero-order valence-electron chi connectivity index (χ0n) is 10.6. The number of imide groups is 1. The van der Waals surface area contributed by atoms with E-state index >= 15 is 0 Å². The molecule has 19 heavy (non-hydrogen) atoms. The fourth-order valence-corrected chi connectivity index (χ4v) is 2.86. The highest BCUT2D eigenvalue weighted by molar-refractivity contribution is 9.10. The predicted molar refractivity (Wildman–Crippen MR) is 80.5 cm³/mol. The fourth-order valence-electron chi connectivity index (χ4n) is 1.64. The second-order valence-electron chi connectivity index (χ2n) is 4.35. The zero-order valence-corrected chi connectivity index (χ0v) is 13.0. The van der Waals surface area contributed by atoms with Crippen molar-refractivity contribution in [2.75, 3.05) is 20.8 Å². The second-order valence-corrected chi connectivity index (χ2v) is 6.20.